The van der Waals surface area contributed by atoms with Gasteiger partial charge in [0, 0.05) is 44.3 Å². The summed E-state index contributed by atoms with van der Waals surface area (Å²) in [5.74, 6) is 1.05. The van der Waals surface area contributed by atoms with Gasteiger partial charge < -0.3 is 24.8 Å². The van der Waals surface area contributed by atoms with E-state index in [2.05, 4.69) is 5.32 Å². The lowest BCUT2D eigenvalue weighted by molar-refractivity contribution is -0.142. The molecule has 8 nitrogen and oxygen atoms in total. The van der Waals surface area contributed by atoms with Crippen molar-refractivity contribution in [2.75, 3.05) is 44.6 Å². The van der Waals surface area contributed by atoms with E-state index in [1.807, 2.05) is 28.9 Å². The number of nitrogens with one attached hydrogen (secondary N) is 1. The number of nitrogens with zero attached hydrogens (tertiary/aromatic N) is 3. The van der Waals surface area contributed by atoms with Crippen LogP contribution < -0.4 is 10.1 Å². The van der Waals surface area contributed by atoms with E-state index < -0.39 is 6.04 Å². The van der Waals surface area contributed by atoms with Crippen LogP contribution >= 0.6 is 0 Å². The Labute approximate surface area is 196 Å². The van der Waals surface area contributed by atoms with Gasteiger partial charge in [-0.3, -0.25) is 9.59 Å². The second-order valence-electron chi connectivity index (χ2n) is 9.22. The van der Waals surface area contributed by atoms with Gasteiger partial charge in [-0.25, -0.2) is 4.79 Å². The van der Waals surface area contributed by atoms with Crippen molar-refractivity contribution in [1.82, 2.24) is 14.7 Å². The molecule has 4 amide bonds. The Morgan fingerprint density at radius 3 is 2.18 bits per heavy atom. The van der Waals surface area contributed by atoms with Crippen molar-refractivity contribution in [3.05, 3.63) is 24.3 Å². The van der Waals surface area contributed by atoms with Gasteiger partial charge >= 0.3 is 6.03 Å². The highest BCUT2D eigenvalue weighted by Gasteiger charge is 2.38. The number of anilines is 1. The van der Waals surface area contributed by atoms with Crippen molar-refractivity contribution in [2.45, 2.75) is 57.9 Å². The molecule has 1 atom stereocenters. The van der Waals surface area contributed by atoms with Crippen LogP contribution in [0.4, 0.5) is 10.5 Å². The van der Waals surface area contributed by atoms with Crippen molar-refractivity contribution in [2.24, 2.45) is 5.92 Å². The molecule has 1 aromatic rings. The zero-order chi connectivity index (χ0) is 23.2. The third kappa shape index (κ3) is 5.60. The molecule has 0 spiro atoms. The van der Waals surface area contributed by atoms with Crippen LogP contribution in [0, 0.1) is 5.92 Å². The van der Waals surface area contributed by atoms with Crippen LogP contribution in [-0.4, -0.2) is 77.9 Å². The van der Waals surface area contributed by atoms with E-state index in [-0.39, 0.29) is 23.8 Å². The highest BCUT2D eigenvalue weighted by molar-refractivity contribution is 5.94. The van der Waals surface area contributed by atoms with E-state index in [1.54, 1.807) is 17.0 Å². The summed E-state index contributed by atoms with van der Waals surface area (Å²) in [6, 6.07) is 6.58. The normalized spacial score (nSPS) is 21.7. The fourth-order valence-corrected chi connectivity index (χ4v) is 5.19. The molecular weight excluding hydrogens is 420 g/mol. The number of carbonyl (C=O) groups excluding carboxylic acids is 3. The SMILES string of the molecule is CCOc1ccc(NC(=O)N2CCC[C@H]2C(=O)N2CCC(C(=O)N3CCCCC3)CC2)cc1. The van der Waals surface area contributed by atoms with Gasteiger partial charge in [0.05, 0.1) is 6.61 Å². The van der Waals surface area contributed by atoms with Gasteiger partial charge in [-0.2, -0.15) is 0 Å². The number of hydrogen-bond acceptors (Lipinski definition) is 4. The zero-order valence-corrected chi connectivity index (χ0v) is 19.6. The number of piperidine rings is 2. The van der Waals surface area contributed by atoms with Gasteiger partial charge in [0.1, 0.15) is 11.8 Å². The molecule has 1 aromatic carbocycles. The molecule has 8 heteroatoms. The maximum Gasteiger partial charge on any atom is 0.322 e. The Morgan fingerprint density at radius 2 is 1.52 bits per heavy atom. The lowest BCUT2D eigenvalue weighted by Gasteiger charge is -2.37. The molecule has 3 heterocycles. The second kappa shape index (κ2) is 10.9. The van der Waals surface area contributed by atoms with Crippen molar-refractivity contribution in [3.8, 4) is 5.75 Å². The number of amides is 4. The van der Waals surface area contributed by atoms with Gasteiger partial charge in [0.15, 0.2) is 0 Å². The molecule has 4 rings (SSSR count). The van der Waals surface area contributed by atoms with Crippen LogP contribution in [0.15, 0.2) is 24.3 Å². The first kappa shape index (κ1) is 23.4. The van der Waals surface area contributed by atoms with E-state index in [0.29, 0.717) is 51.2 Å². The van der Waals surface area contributed by atoms with E-state index in [4.69, 9.17) is 4.74 Å². The molecule has 3 aliphatic heterocycles. The monoisotopic (exact) mass is 456 g/mol. The van der Waals surface area contributed by atoms with Crippen LogP contribution in [-0.2, 0) is 9.59 Å². The lowest BCUT2D eigenvalue weighted by atomic mass is 9.94. The van der Waals surface area contributed by atoms with E-state index >= 15 is 0 Å². The van der Waals surface area contributed by atoms with E-state index in [1.165, 1.54) is 6.42 Å². The first-order valence-corrected chi connectivity index (χ1v) is 12.4. The minimum atomic E-state index is -0.429. The van der Waals surface area contributed by atoms with E-state index in [0.717, 1.165) is 38.1 Å². The minimum absolute atomic E-state index is 0.0122. The zero-order valence-electron chi connectivity index (χ0n) is 19.6. The smallest absolute Gasteiger partial charge is 0.322 e. The number of carbonyl (C=O) groups is 3. The third-order valence-electron chi connectivity index (χ3n) is 7.04. The molecule has 0 aromatic heterocycles. The maximum absolute atomic E-state index is 13.3. The average molecular weight is 457 g/mol. The Morgan fingerprint density at radius 1 is 0.848 bits per heavy atom. The Kier molecular flexibility index (Phi) is 7.73. The van der Waals surface area contributed by atoms with Gasteiger partial charge in [-0.1, -0.05) is 0 Å². The van der Waals surface area contributed by atoms with Gasteiger partial charge in [-0.15, -0.1) is 0 Å². The molecule has 0 unspecified atom stereocenters. The van der Waals surface area contributed by atoms with Crippen LogP contribution in [0.5, 0.6) is 5.75 Å². The third-order valence-corrected chi connectivity index (χ3v) is 7.04. The Bertz CT molecular complexity index is 829. The number of benzene rings is 1. The summed E-state index contributed by atoms with van der Waals surface area (Å²) in [4.78, 5) is 44.5. The van der Waals surface area contributed by atoms with Gasteiger partial charge in [0.25, 0.3) is 0 Å². The van der Waals surface area contributed by atoms with Gasteiger partial charge in [0.2, 0.25) is 11.8 Å². The van der Waals surface area contributed by atoms with Crippen molar-refractivity contribution in [3.63, 3.8) is 0 Å². The van der Waals surface area contributed by atoms with Crippen molar-refractivity contribution >= 4 is 23.5 Å². The maximum atomic E-state index is 13.3. The minimum Gasteiger partial charge on any atom is -0.494 e. The topological polar surface area (TPSA) is 82.2 Å². The number of hydrogen-bond donors (Lipinski definition) is 1. The fourth-order valence-electron chi connectivity index (χ4n) is 5.19. The summed E-state index contributed by atoms with van der Waals surface area (Å²) >= 11 is 0. The number of ether oxygens (including phenoxy) is 1. The first-order chi connectivity index (χ1) is 16.1. The quantitative estimate of drug-likeness (QED) is 0.737. The number of urea groups is 1. The summed E-state index contributed by atoms with van der Waals surface area (Å²) in [5, 5.41) is 2.91. The predicted molar refractivity (Wildman–Crippen MR) is 126 cm³/mol. The van der Waals surface area contributed by atoms with Gasteiger partial charge in [-0.05, 0) is 76.1 Å². The molecule has 0 saturated carbocycles. The summed E-state index contributed by atoms with van der Waals surface area (Å²) in [7, 11) is 0. The van der Waals surface area contributed by atoms with Crippen molar-refractivity contribution < 1.29 is 19.1 Å². The molecule has 180 valence electrons. The average Bonchev–Trinajstić information content (AvgIpc) is 3.35. The van der Waals surface area contributed by atoms with Crippen LogP contribution in [0.3, 0.4) is 0 Å². The van der Waals surface area contributed by atoms with Crippen LogP contribution in [0.25, 0.3) is 0 Å². The first-order valence-electron chi connectivity index (χ1n) is 12.4. The standard InChI is InChI=1S/C25H36N4O4/c1-2-33-21-10-8-20(9-11-21)26-25(32)29-16-6-7-22(29)24(31)28-17-12-19(13-18-28)23(30)27-14-4-3-5-15-27/h8-11,19,22H,2-7,12-18H2,1H3,(H,26,32)/t22-/m0/s1. The molecule has 0 bridgehead atoms. The van der Waals surface area contributed by atoms with Crippen LogP contribution in [0.1, 0.15) is 51.9 Å². The summed E-state index contributed by atoms with van der Waals surface area (Å²) in [6.07, 6.45) is 6.33. The van der Waals surface area contributed by atoms with E-state index in [9.17, 15) is 14.4 Å². The highest BCUT2D eigenvalue weighted by atomic mass is 16.5. The molecule has 33 heavy (non-hydrogen) atoms. The molecule has 0 radical (unpaired) electrons. The highest BCUT2D eigenvalue weighted by Crippen LogP contribution is 2.26. The molecule has 0 aliphatic carbocycles. The van der Waals surface area contributed by atoms with Crippen LogP contribution in [0.2, 0.25) is 0 Å². The number of likely N-dealkylation sites (tertiary alicyclic amines) is 3. The number of rotatable bonds is 5. The Hall–Kier alpha value is -2.77. The second-order valence-corrected chi connectivity index (χ2v) is 9.22. The molecule has 3 fully saturated rings. The largest absolute Gasteiger partial charge is 0.494 e. The molecule has 1 N–H and O–H groups in total. The Balaban J connectivity index is 1.29. The molecular formula is C25H36N4O4. The molecule has 3 saturated heterocycles. The summed E-state index contributed by atoms with van der Waals surface area (Å²) in [5.41, 5.74) is 0.679. The summed E-state index contributed by atoms with van der Waals surface area (Å²) < 4.78 is 5.44. The molecule has 3 aliphatic rings. The summed E-state index contributed by atoms with van der Waals surface area (Å²) in [6.45, 7) is 6.02. The van der Waals surface area contributed by atoms with Crippen molar-refractivity contribution in [1.29, 1.82) is 0 Å². The fraction of sp³-hybridized carbons (Fsp3) is 0.640. The lowest BCUT2D eigenvalue weighted by Crippen LogP contribution is -2.52. The predicted octanol–water partition coefficient (Wildman–Crippen LogP) is 3.33.